The standard InChI is InChI=1S/C10H16ClNO/c1-7(5-11)6-12-9(3)4-8(2)10(12)13/h8-9H,1,4-6H2,2-3H3. The minimum absolute atomic E-state index is 0.165. The van der Waals surface area contributed by atoms with Crippen molar-refractivity contribution in [1.82, 2.24) is 4.90 Å². The second-order valence-electron chi connectivity index (χ2n) is 3.84. The molecule has 1 fully saturated rings. The van der Waals surface area contributed by atoms with Gasteiger partial charge in [-0.3, -0.25) is 4.79 Å². The summed E-state index contributed by atoms with van der Waals surface area (Å²) in [6.07, 6.45) is 0.953. The van der Waals surface area contributed by atoms with Gasteiger partial charge in [-0.25, -0.2) is 0 Å². The third-order valence-electron chi connectivity index (χ3n) is 2.51. The molecule has 0 N–H and O–H groups in total. The molecule has 0 aromatic carbocycles. The second-order valence-corrected chi connectivity index (χ2v) is 4.10. The fourth-order valence-corrected chi connectivity index (χ4v) is 1.84. The lowest BCUT2D eigenvalue weighted by molar-refractivity contribution is -0.131. The normalized spacial score (nSPS) is 28.2. The zero-order valence-corrected chi connectivity index (χ0v) is 8.97. The van der Waals surface area contributed by atoms with Gasteiger partial charge in [0.05, 0.1) is 0 Å². The first-order valence-corrected chi connectivity index (χ1v) is 5.12. The number of rotatable bonds is 3. The summed E-state index contributed by atoms with van der Waals surface area (Å²) < 4.78 is 0. The van der Waals surface area contributed by atoms with Gasteiger partial charge in [-0.1, -0.05) is 13.5 Å². The number of hydrogen-bond donors (Lipinski definition) is 0. The Morgan fingerprint density at radius 3 is 2.69 bits per heavy atom. The van der Waals surface area contributed by atoms with Crippen LogP contribution in [0, 0.1) is 5.92 Å². The topological polar surface area (TPSA) is 20.3 Å². The van der Waals surface area contributed by atoms with E-state index in [1.54, 1.807) is 0 Å². The highest BCUT2D eigenvalue weighted by atomic mass is 35.5. The summed E-state index contributed by atoms with van der Waals surface area (Å²) in [6, 6.07) is 0.336. The molecule has 1 heterocycles. The van der Waals surface area contributed by atoms with Crippen molar-refractivity contribution in [1.29, 1.82) is 0 Å². The molecule has 0 spiro atoms. The second kappa shape index (κ2) is 4.14. The van der Waals surface area contributed by atoms with E-state index in [-0.39, 0.29) is 11.8 Å². The van der Waals surface area contributed by atoms with E-state index in [0.717, 1.165) is 12.0 Å². The largest absolute Gasteiger partial charge is 0.336 e. The van der Waals surface area contributed by atoms with Crippen molar-refractivity contribution < 1.29 is 4.79 Å². The van der Waals surface area contributed by atoms with Gasteiger partial charge in [0.25, 0.3) is 0 Å². The predicted octanol–water partition coefficient (Wildman–Crippen LogP) is 2.04. The van der Waals surface area contributed by atoms with Crippen molar-refractivity contribution in [3.63, 3.8) is 0 Å². The molecule has 13 heavy (non-hydrogen) atoms. The van der Waals surface area contributed by atoms with Gasteiger partial charge in [0.15, 0.2) is 0 Å². The predicted molar refractivity (Wildman–Crippen MR) is 54.8 cm³/mol. The van der Waals surface area contributed by atoms with E-state index in [0.29, 0.717) is 18.5 Å². The summed E-state index contributed by atoms with van der Waals surface area (Å²) in [5.41, 5.74) is 0.913. The molecule has 0 bridgehead atoms. The molecule has 1 rings (SSSR count). The van der Waals surface area contributed by atoms with Crippen LogP contribution in [-0.4, -0.2) is 29.3 Å². The van der Waals surface area contributed by atoms with E-state index < -0.39 is 0 Å². The molecule has 1 aliphatic rings. The summed E-state index contributed by atoms with van der Waals surface area (Å²) in [7, 11) is 0. The minimum Gasteiger partial charge on any atom is -0.336 e. The Morgan fingerprint density at radius 2 is 2.31 bits per heavy atom. The molecule has 0 saturated carbocycles. The van der Waals surface area contributed by atoms with Crippen molar-refractivity contribution >= 4 is 17.5 Å². The van der Waals surface area contributed by atoms with Crippen LogP contribution >= 0.6 is 11.6 Å². The average Bonchev–Trinajstić information content (AvgIpc) is 2.32. The van der Waals surface area contributed by atoms with Crippen molar-refractivity contribution in [2.24, 2.45) is 5.92 Å². The Bertz CT molecular complexity index is 227. The highest BCUT2D eigenvalue weighted by Crippen LogP contribution is 2.24. The molecule has 0 aromatic rings. The van der Waals surface area contributed by atoms with E-state index in [1.807, 2.05) is 11.8 Å². The summed E-state index contributed by atoms with van der Waals surface area (Å²) in [5, 5.41) is 0. The van der Waals surface area contributed by atoms with E-state index in [4.69, 9.17) is 11.6 Å². The van der Waals surface area contributed by atoms with Crippen LogP contribution in [0.2, 0.25) is 0 Å². The zero-order chi connectivity index (χ0) is 10.0. The first-order chi connectivity index (χ1) is 6.06. The quantitative estimate of drug-likeness (QED) is 0.506. The van der Waals surface area contributed by atoms with Crippen LogP contribution in [0.3, 0.4) is 0 Å². The Morgan fingerprint density at radius 1 is 1.69 bits per heavy atom. The fourth-order valence-electron chi connectivity index (χ4n) is 1.76. The van der Waals surface area contributed by atoms with Crippen LogP contribution in [0.25, 0.3) is 0 Å². The van der Waals surface area contributed by atoms with Crippen LogP contribution in [0.15, 0.2) is 12.2 Å². The van der Waals surface area contributed by atoms with E-state index >= 15 is 0 Å². The Balaban J connectivity index is 2.59. The molecule has 1 saturated heterocycles. The highest BCUT2D eigenvalue weighted by molar-refractivity contribution is 6.19. The number of carbonyl (C=O) groups is 1. The Labute approximate surface area is 84.6 Å². The molecule has 3 heteroatoms. The molecule has 2 nitrogen and oxygen atoms in total. The van der Waals surface area contributed by atoms with Gasteiger partial charge in [-0.2, -0.15) is 0 Å². The number of amides is 1. The number of nitrogens with zero attached hydrogens (tertiary/aromatic N) is 1. The van der Waals surface area contributed by atoms with Crippen molar-refractivity contribution in [3.05, 3.63) is 12.2 Å². The molecule has 0 radical (unpaired) electrons. The average molecular weight is 202 g/mol. The van der Waals surface area contributed by atoms with Crippen LogP contribution in [0.5, 0.6) is 0 Å². The van der Waals surface area contributed by atoms with E-state index in [9.17, 15) is 4.79 Å². The molecule has 1 aliphatic heterocycles. The number of alkyl halides is 1. The molecule has 2 unspecified atom stereocenters. The van der Waals surface area contributed by atoms with Gasteiger partial charge in [-0.15, -0.1) is 11.6 Å². The molecule has 0 aliphatic carbocycles. The first kappa shape index (κ1) is 10.6. The maximum atomic E-state index is 11.6. The van der Waals surface area contributed by atoms with Crippen LogP contribution in [-0.2, 0) is 4.79 Å². The number of carbonyl (C=O) groups excluding carboxylic acids is 1. The maximum absolute atomic E-state index is 11.6. The monoisotopic (exact) mass is 201 g/mol. The smallest absolute Gasteiger partial charge is 0.226 e. The summed E-state index contributed by atoms with van der Waals surface area (Å²) in [4.78, 5) is 13.5. The lowest BCUT2D eigenvalue weighted by Gasteiger charge is -2.22. The molecular weight excluding hydrogens is 186 g/mol. The van der Waals surface area contributed by atoms with Crippen molar-refractivity contribution in [2.75, 3.05) is 12.4 Å². The SMILES string of the molecule is C=C(CCl)CN1C(=O)C(C)CC1C. The molecule has 0 aromatic heterocycles. The molecular formula is C10H16ClNO. The van der Waals surface area contributed by atoms with Gasteiger partial charge in [-0.05, 0) is 18.9 Å². The van der Waals surface area contributed by atoms with Crippen LogP contribution in [0.1, 0.15) is 20.3 Å². The first-order valence-electron chi connectivity index (χ1n) is 4.59. The molecule has 1 amide bonds. The molecule has 2 atom stereocenters. The molecule has 74 valence electrons. The highest BCUT2D eigenvalue weighted by Gasteiger charge is 2.33. The maximum Gasteiger partial charge on any atom is 0.226 e. The van der Waals surface area contributed by atoms with Gasteiger partial charge < -0.3 is 4.90 Å². The Hall–Kier alpha value is -0.500. The van der Waals surface area contributed by atoms with Gasteiger partial charge in [0.2, 0.25) is 5.91 Å². The summed E-state index contributed by atoms with van der Waals surface area (Å²) >= 11 is 5.62. The lowest BCUT2D eigenvalue weighted by atomic mass is 10.1. The third-order valence-corrected chi connectivity index (χ3v) is 2.89. The Kier molecular flexibility index (Phi) is 3.37. The fraction of sp³-hybridized carbons (Fsp3) is 0.700. The number of halogens is 1. The zero-order valence-electron chi connectivity index (χ0n) is 8.22. The summed E-state index contributed by atoms with van der Waals surface area (Å²) in [6.45, 7) is 8.47. The van der Waals surface area contributed by atoms with Gasteiger partial charge >= 0.3 is 0 Å². The third kappa shape index (κ3) is 2.25. The van der Waals surface area contributed by atoms with Crippen LogP contribution < -0.4 is 0 Å². The van der Waals surface area contributed by atoms with Crippen molar-refractivity contribution in [3.8, 4) is 0 Å². The number of hydrogen-bond acceptors (Lipinski definition) is 1. The van der Waals surface area contributed by atoms with E-state index in [1.165, 1.54) is 0 Å². The lowest BCUT2D eigenvalue weighted by Crippen LogP contribution is -2.33. The van der Waals surface area contributed by atoms with Gasteiger partial charge in [0.1, 0.15) is 0 Å². The van der Waals surface area contributed by atoms with Gasteiger partial charge in [0, 0.05) is 24.4 Å². The number of likely N-dealkylation sites (tertiary alicyclic amines) is 1. The van der Waals surface area contributed by atoms with Crippen molar-refractivity contribution in [2.45, 2.75) is 26.3 Å². The minimum atomic E-state index is 0.165. The van der Waals surface area contributed by atoms with E-state index in [2.05, 4.69) is 13.5 Å². The summed E-state index contributed by atoms with van der Waals surface area (Å²) in [5.74, 6) is 0.835. The van der Waals surface area contributed by atoms with Crippen LogP contribution in [0.4, 0.5) is 0 Å².